The van der Waals surface area contributed by atoms with Crippen LogP contribution in [0.1, 0.15) is 19.4 Å². The average Bonchev–Trinajstić information content (AvgIpc) is 2.41. The van der Waals surface area contributed by atoms with Gasteiger partial charge >= 0.3 is 5.97 Å². The molecule has 0 amide bonds. The van der Waals surface area contributed by atoms with Gasteiger partial charge in [0, 0.05) is 5.56 Å². The van der Waals surface area contributed by atoms with E-state index in [1.807, 2.05) is 6.07 Å². The first-order valence-electron chi connectivity index (χ1n) is 6.54. The molecule has 0 spiro atoms. The maximum atomic E-state index is 13.8. The number of anilines is 1. The minimum atomic E-state index is -0.889. The van der Waals surface area contributed by atoms with Crippen LogP contribution in [-0.4, -0.2) is 16.1 Å². The quantitative estimate of drug-likeness (QED) is 0.906. The van der Waals surface area contributed by atoms with Crippen molar-refractivity contribution in [2.75, 3.05) is 5.73 Å². The molecule has 21 heavy (non-hydrogen) atoms. The van der Waals surface area contributed by atoms with Crippen LogP contribution in [0.15, 0.2) is 36.4 Å². The van der Waals surface area contributed by atoms with Crippen LogP contribution in [0.4, 0.5) is 10.2 Å². The molecule has 110 valence electrons. The lowest BCUT2D eigenvalue weighted by atomic mass is 9.85. The second-order valence-electron chi connectivity index (χ2n) is 5.63. The Morgan fingerprint density at radius 2 is 2.05 bits per heavy atom. The van der Waals surface area contributed by atoms with Gasteiger partial charge in [0.05, 0.1) is 5.41 Å². The Kier molecular flexibility index (Phi) is 3.93. The Labute approximate surface area is 122 Å². The van der Waals surface area contributed by atoms with Gasteiger partial charge in [0.1, 0.15) is 17.3 Å². The highest BCUT2D eigenvalue weighted by atomic mass is 19.1. The van der Waals surface area contributed by atoms with Crippen LogP contribution in [0.3, 0.4) is 0 Å². The van der Waals surface area contributed by atoms with E-state index in [1.165, 1.54) is 12.1 Å². The molecule has 0 aliphatic rings. The lowest BCUT2D eigenvalue weighted by Crippen LogP contribution is -2.26. The number of carbonyl (C=O) groups is 1. The van der Waals surface area contributed by atoms with Gasteiger partial charge in [0.25, 0.3) is 0 Å². The lowest BCUT2D eigenvalue weighted by Gasteiger charge is -2.19. The Morgan fingerprint density at radius 3 is 2.71 bits per heavy atom. The molecule has 0 radical (unpaired) electrons. The second-order valence-corrected chi connectivity index (χ2v) is 5.63. The first-order valence-corrected chi connectivity index (χ1v) is 6.54. The van der Waals surface area contributed by atoms with Crippen molar-refractivity contribution in [3.8, 4) is 11.3 Å². The molecular weight excluding hydrogens is 271 g/mol. The zero-order valence-corrected chi connectivity index (χ0v) is 11.9. The number of nitrogens with zero attached hydrogens (tertiary/aromatic N) is 1. The third kappa shape index (κ3) is 3.37. The van der Waals surface area contributed by atoms with Gasteiger partial charge in [-0.15, -0.1) is 0 Å². The molecule has 0 saturated carbocycles. The third-order valence-corrected chi connectivity index (χ3v) is 3.29. The molecule has 4 nitrogen and oxygen atoms in total. The van der Waals surface area contributed by atoms with Crippen LogP contribution in [0, 0.1) is 11.2 Å². The van der Waals surface area contributed by atoms with E-state index in [9.17, 15) is 14.3 Å². The van der Waals surface area contributed by atoms with Crippen molar-refractivity contribution in [3.63, 3.8) is 0 Å². The molecule has 0 atom stereocenters. The van der Waals surface area contributed by atoms with Crippen molar-refractivity contribution in [2.45, 2.75) is 20.3 Å². The predicted octanol–water partition coefficient (Wildman–Crippen LogP) is 3.12. The minimum absolute atomic E-state index is 0.171. The summed E-state index contributed by atoms with van der Waals surface area (Å²) >= 11 is 0. The van der Waals surface area contributed by atoms with Gasteiger partial charge in [-0.3, -0.25) is 4.79 Å². The summed E-state index contributed by atoms with van der Waals surface area (Å²) in [6.07, 6.45) is 0.347. The van der Waals surface area contributed by atoms with Crippen LogP contribution >= 0.6 is 0 Å². The predicted molar refractivity (Wildman–Crippen MR) is 79.2 cm³/mol. The van der Waals surface area contributed by atoms with Crippen LogP contribution in [0.2, 0.25) is 0 Å². The van der Waals surface area contributed by atoms with E-state index in [4.69, 9.17) is 5.73 Å². The van der Waals surface area contributed by atoms with Crippen LogP contribution in [0.5, 0.6) is 0 Å². The van der Waals surface area contributed by atoms with Crippen molar-refractivity contribution in [1.29, 1.82) is 0 Å². The van der Waals surface area contributed by atoms with Crippen LogP contribution in [0.25, 0.3) is 11.3 Å². The van der Waals surface area contributed by atoms with Crippen LogP contribution in [-0.2, 0) is 11.2 Å². The normalized spacial score (nSPS) is 11.4. The van der Waals surface area contributed by atoms with E-state index in [-0.39, 0.29) is 11.5 Å². The zero-order valence-electron chi connectivity index (χ0n) is 11.9. The summed E-state index contributed by atoms with van der Waals surface area (Å²) in [7, 11) is 0. The molecule has 5 heteroatoms. The van der Waals surface area contributed by atoms with Gasteiger partial charge in [-0.05, 0) is 44.0 Å². The minimum Gasteiger partial charge on any atom is -0.481 e. The number of aromatic nitrogens is 1. The van der Waals surface area contributed by atoms with Crippen molar-refractivity contribution in [3.05, 3.63) is 47.8 Å². The van der Waals surface area contributed by atoms with E-state index in [1.54, 1.807) is 32.0 Å². The first-order chi connectivity index (χ1) is 9.79. The number of hydrogen-bond donors (Lipinski definition) is 2. The largest absolute Gasteiger partial charge is 0.481 e. The van der Waals surface area contributed by atoms with E-state index in [0.717, 1.165) is 5.56 Å². The summed E-state index contributed by atoms with van der Waals surface area (Å²) in [5.41, 5.74) is 6.26. The topological polar surface area (TPSA) is 76.2 Å². The Morgan fingerprint density at radius 1 is 1.33 bits per heavy atom. The second kappa shape index (κ2) is 5.52. The fourth-order valence-electron chi connectivity index (χ4n) is 2.07. The van der Waals surface area contributed by atoms with Crippen LogP contribution < -0.4 is 5.73 Å². The molecule has 0 aliphatic heterocycles. The summed E-state index contributed by atoms with van der Waals surface area (Å²) in [6, 6.07) is 9.71. The zero-order chi connectivity index (χ0) is 15.6. The summed E-state index contributed by atoms with van der Waals surface area (Å²) in [4.78, 5) is 15.2. The summed E-state index contributed by atoms with van der Waals surface area (Å²) < 4.78 is 13.8. The maximum Gasteiger partial charge on any atom is 0.309 e. The number of nitrogens with two attached hydrogens (primary N) is 1. The molecule has 1 heterocycles. The molecule has 2 rings (SSSR count). The number of rotatable bonds is 4. The fourth-order valence-corrected chi connectivity index (χ4v) is 2.07. The molecule has 0 bridgehead atoms. The summed E-state index contributed by atoms with van der Waals surface area (Å²) in [6.45, 7) is 3.31. The lowest BCUT2D eigenvalue weighted by molar-refractivity contribution is -0.146. The van der Waals surface area contributed by atoms with Gasteiger partial charge in [-0.1, -0.05) is 18.2 Å². The number of pyridine rings is 1. The number of nitrogen functional groups attached to an aromatic ring is 1. The van der Waals surface area contributed by atoms with Crippen molar-refractivity contribution in [2.24, 2.45) is 5.41 Å². The monoisotopic (exact) mass is 288 g/mol. The third-order valence-electron chi connectivity index (χ3n) is 3.29. The van der Waals surface area contributed by atoms with Gasteiger partial charge in [-0.25, -0.2) is 9.37 Å². The number of halogens is 1. The molecule has 2 aromatic rings. The maximum absolute atomic E-state index is 13.8. The molecule has 0 unspecified atom stereocenters. The number of hydrogen-bond acceptors (Lipinski definition) is 3. The fraction of sp³-hybridized carbons (Fsp3) is 0.250. The van der Waals surface area contributed by atoms with Crippen molar-refractivity contribution in [1.82, 2.24) is 4.98 Å². The number of carboxylic acid groups (broad SMARTS) is 1. The smallest absolute Gasteiger partial charge is 0.309 e. The average molecular weight is 288 g/mol. The number of carboxylic acids is 1. The highest BCUT2D eigenvalue weighted by molar-refractivity contribution is 5.74. The van der Waals surface area contributed by atoms with Gasteiger partial charge < -0.3 is 10.8 Å². The van der Waals surface area contributed by atoms with Crippen molar-refractivity contribution < 1.29 is 14.3 Å². The molecule has 0 saturated heterocycles. The van der Waals surface area contributed by atoms with E-state index in [0.29, 0.717) is 12.0 Å². The van der Waals surface area contributed by atoms with Crippen molar-refractivity contribution >= 4 is 11.8 Å². The van der Waals surface area contributed by atoms with E-state index in [2.05, 4.69) is 4.98 Å². The molecular formula is C16H17FN2O2. The Hall–Kier alpha value is -2.43. The number of aliphatic carboxylic acids is 1. The first kappa shape index (κ1) is 15.0. The van der Waals surface area contributed by atoms with Gasteiger partial charge in [0.15, 0.2) is 0 Å². The Balaban J connectivity index is 2.38. The standard InChI is InChI=1S/C16H17FN2O2/c1-16(2,15(20)21)9-10-4-3-5-11(8-10)14-12(17)6-7-13(18)19-14/h3-8H,9H2,1-2H3,(H2,18,19)(H,20,21). The SMILES string of the molecule is CC(C)(Cc1cccc(-c2nc(N)ccc2F)c1)C(=O)O. The van der Waals surface area contributed by atoms with E-state index >= 15 is 0 Å². The molecule has 1 aromatic carbocycles. The molecule has 3 N–H and O–H groups in total. The highest BCUT2D eigenvalue weighted by Gasteiger charge is 2.27. The van der Waals surface area contributed by atoms with Gasteiger partial charge in [-0.2, -0.15) is 0 Å². The highest BCUT2D eigenvalue weighted by Crippen LogP contribution is 2.27. The molecule has 0 aliphatic carbocycles. The van der Waals surface area contributed by atoms with Gasteiger partial charge in [0.2, 0.25) is 0 Å². The number of benzene rings is 1. The summed E-state index contributed by atoms with van der Waals surface area (Å²) in [5.74, 6) is -1.09. The molecule has 1 aromatic heterocycles. The Bertz CT molecular complexity index is 684. The molecule has 0 fully saturated rings. The van der Waals surface area contributed by atoms with E-state index < -0.39 is 17.2 Å². The summed E-state index contributed by atoms with van der Waals surface area (Å²) in [5, 5.41) is 9.18.